The summed E-state index contributed by atoms with van der Waals surface area (Å²) >= 11 is 10.6. The third-order valence-corrected chi connectivity index (χ3v) is 3.81. The van der Waals surface area contributed by atoms with Crippen molar-refractivity contribution in [3.63, 3.8) is 0 Å². The van der Waals surface area contributed by atoms with E-state index < -0.39 is 9.06 Å². The summed E-state index contributed by atoms with van der Waals surface area (Å²) in [6.07, 6.45) is 6.00. The number of hydrogen-bond donors (Lipinski definition) is 1. The molecule has 0 aliphatic heterocycles. The first-order valence-electron chi connectivity index (χ1n) is 4.03. The first-order chi connectivity index (χ1) is 5.82. The minimum Gasteiger partial charge on any atom is -0.268 e. The van der Waals surface area contributed by atoms with Gasteiger partial charge in [0.2, 0.25) is 0 Å². The smallest absolute Gasteiger partial charge is 0.128 e. The van der Waals surface area contributed by atoms with Gasteiger partial charge < -0.3 is 0 Å². The van der Waals surface area contributed by atoms with Crippen LogP contribution in [0.5, 0.6) is 0 Å². The van der Waals surface area contributed by atoms with E-state index in [1.54, 1.807) is 0 Å². The van der Waals surface area contributed by atoms with E-state index in [0.29, 0.717) is 6.04 Å². The van der Waals surface area contributed by atoms with E-state index in [0.717, 1.165) is 10.0 Å². The minimum atomic E-state index is -1.12. The summed E-state index contributed by atoms with van der Waals surface area (Å²) in [6.45, 7) is 4.15. The monoisotopic (exact) mass is 238 g/mol. The van der Waals surface area contributed by atoms with Gasteiger partial charge in [-0.25, -0.2) is 0 Å². The second-order valence-corrected chi connectivity index (χ2v) is 9.71. The molecule has 0 aromatic carbocycles. The molecule has 1 rings (SSSR count). The van der Waals surface area contributed by atoms with E-state index in [2.05, 4.69) is 43.1 Å². The summed E-state index contributed by atoms with van der Waals surface area (Å²) in [6, 6.07) is 0.348. The third-order valence-electron chi connectivity index (χ3n) is 1.66. The molecule has 0 aliphatic carbocycles. The molecule has 5 heteroatoms. The third kappa shape index (κ3) is 2.58. The number of rotatable bonds is 2. The lowest BCUT2D eigenvalue weighted by Crippen LogP contribution is -2.01. The Labute approximate surface area is 90.8 Å². The first kappa shape index (κ1) is 11.3. The number of thiol groups is 1. The van der Waals surface area contributed by atoms with Gasteiger partial charge in [-0.05, 0) is 26.4 Å². The zero-order chi connectivity index (χ0) is 10.2. The largest absolute Gasteiger partial charge is 0.268 e. The van der Waals surface area contributed by atoms with Crippen LogP contribution in [0.1, 0.15) is 19.9 Å². The number of aromatic nitrogens is 2. The highest BCUT2D eigenvalue weighted by Crippen LogP contribution is 2.54. The maximum Gasteiger partial charge on any atom is 0.128 e. The van der Waals surface area contributed by atoms with Gasteiger partial charge in [-0.2, -0.15) is 14.2 Å². The molecular weight excluding hydrogens is 224 g/mol. The highest BCUT2D eigenvalue weighted by Gasteiger charge is 2.18. The van der Waals surface area contributed by atoms with Crippen LogP contribution >= 0.6 is 32.3 Å². The molecule has 0 unspecified atom stereocenters. The van der Waals surface area contributed by atoms with Crippen LogP contribution in [0.15, 0.2) is 11.2 Å². The van der Waals surface area contributed by atoms with E-state index in [9.17, 15) is 0 Å². The molecule has 0 aliphatic rings. The van der Waals surface area contributed by atoms with Crippen molar-refractivity contribution in [2.24, 2.45) is 0 Å². The van der Waals surface area contributed by atoms with Gasteiger partial charge in [0, 0.05) is 12.2 Å². The van der Waals surface area contributed by atoms with Crippen LogP contribution in [0.4, 0.5) is 0 Å². The fraction of sp³-hybridized carbons (Fsp3) is 0.625. The molecule has 0 saturated carbocycles. The van der Waals surface area contributed by atoms with E-state index in [1.807, 2.05) is 10.9 Å². The molecule has 0 bridgehead atoms. The lowest BCUT2D eigenvalue weighted by Gasteiger charge is -2.21. The maximum absolute atomic E-state index is 6.06. The topological polar surface area (TPSA) is 17.8 Å². The molecule has 0 fully saturated rings. The predicted molar refractivity (Wildman–Crippen MR) is 64.3 cm³/mol. The molecule has 0 spiro atoms. The lowest BCUT2D eigenvalue weighted by atomic mass is 10.4. The van der Waals surface area contributed by atoms with Gasteiger partial charge in [-0.3, -0.25) is 4.68 Å². The van der Waals surface area contributed by atoms with Gasteiger partial charge >= 0.3 is 0 Å². The Bertz CT molecular complexity index is 302. The molecule has 13 heavy (non-hydrogen) atoms. The Balaban J connectivity index is 3.11. The molecular formula is C8H15ClN2S2. The summed E-state index contributed by atoms with van der Waals surface area (Å²) in [5, 5.41) is 6.07. The van der Waals surface area contributed by atoms with Crippen molar-refractivity contribution in [2.75, 3.05) is 12.5 Å². The molecule has 0 saturated heterocycles. The number of halogens is 1. The number of nitrogens with zero attached hydrogens (tertiary/aromatic N) is 2. The molecule has 1 heterocycles. The summed E-state index contributed by atoms with van der Waals surface area (Å²) < 4.78 is 1.88. The average Bonchev–Trinajstić information content (AvgIpc) is 2.29. The van der Waals surface area contributed by atoms with Gasteiger partial charge in [0.15, 0.2) is 0 Å². The van der Waals surface area contributed by atoms with E-state index >= 15 is 0 Å². The summed E-state index contributed by atoms with van der Waals surface area (Å²) in [4.78, 5) is 0. The normalized spacial score (nSPS) is 13.8. The molecule has 1 aromatic heterocycles. The molecule has 0 atom stereocenters. The van der Waals surface area contributed by atoms with Crippen molar-refractivity contribution < 1.29 is 0 Å². The van der Waals surface area contributed by atoms with Gasteiger partial charge in [0.1, 0.15) is 5.03 Å². The predicted octanol–water partition coefficient (Wildman–Crippen LogP) is 3.39. The fourth-order valence-electron chi connectivity index (χ4n) is 0.956. The van der Waals surface area contributed by atoms with E-state index in [4.69, 9.17) is 11.6 Å². The van der Waals surface area contributed by atoms with E-state index in [-0.39, 0.29) is 0 Å². The molecule has 1 aromatic rings. The van der Waals surface area contributed by atoms with Crippen molar-refractivity contribution in [1.82, 2.24) is 9.78 Å². The first-order valence-corrected chi connectivity index (χ1v) is 7.91. The van der Waals surface area contributed by atoms with Crippen LogP contribution in [-0.4, -0.2) is 22.3 Å². The van der Waals surface area contributed by atoms with Crippen LogP contribution in [0.3, 0.4) is 0 Å². The van der Waals surface area contributed by atoms with Crippen LogP contribution in [0.25, 0.3) is 0 Å². The Morgan fingerprint density at radius 3 is 2.31 bits per heavy atom. The lowest BCUT2D eigenvalue weighted by molar-refractivity contribution is 0.522. The van der Waals surface area contributed by atoms with Crippen molar-refractivity contribution in [1.29, 1.82) is 0 Å². The Hall–Kier alpha value is 0.200. The standard InChI is InChI=1S/C8H15ClN2S2/c1-6(2)11-5-7(9)8(10-11)13(3,4)12/h5-6,12H,1-4H3. The van der Waals surface area contributed by atoms with Gasteiger partial charge in [0.05, 0.1) is 5.02 Å². The van der Waals surface area contributed by atoms with Gasteiger partial charge in [0.25, 0.3) is 0 Å². The highest BCUT2D eigenvalue weighted by atomic mass is 35.5. The van der Waals surface area contributed by atoms with Crippen molar-refractivity contribution >= 4 is 32.3 Å². The Morgan fingerprint density at radius 1 is 1.54 bits per heavy atom. The van der Waals surface area contributed by atoms with Crippen molar-refractivity contribution in [3.8, 4) is 0 Å². The zero-order valence-corrected chi connectivity index (χ0v) is 10.7. The Morgan fingerprint density at radius 2 is 2.08 bits per heavy atom. The molecule has 0 amide bonds. The maximum atomic E-state index is 6.06. The van der Waals surface area contributed by atoms with E-state index in [1.165, 1.54) is 0 Å². The van der Waals surface area contributed by atoms with Crippen LogP contribution in [0.2, 0.25) is 5.02 Å². The van der Waals surface area contributed by atoms with Gasteiger partial charge in [-0.15, -0.1) is 11.7 Å². The molecule has 76 valence electrons. The van der Waals surface area contributed by atoms with Crippen LogP contribution in [0, 0.1) is 0 Å². The Kier molecular flexibility index (Phi) is 3.25. The highest BCUT2D eigenvalue weighted by molar-refractivity contribution is 8.87. The quantitative estimate of drug-likeness (QED) is 0.618. The number of hydrogen-bond acceptors (Lipinski definition) is 2. The van der Waals surface area contributed by atoms with Gasteiger partial charge in [-0.1, -0.05) is 11.6 Å². The zero-order valence-electron chi connectivity index (χ0n) is 8.28. The van der Waals surface area contributed by atoms with Crippen molar-refractivity contribution in [3.05, 3.63) is 11.2 Å². The SMILES string of the molecule is CC(C)n1cc(Cl)c(S(C)(C)S)n1. The summed E-state index contributed by atoms with van der Waals surface area (Å²) in [7, 11) is -1.12. The second kappa shape index (κ2) is 3.75. The minimum absolute atomic E-state index is 0.348. The molecule has 0 N–H and O–H groups in total. The van der Waals surface area contributed by atoms with Crippen molar-refractivity contribution in [2.45, 2.75) is 24.9 Å². The van der Waals surface area contributed by atoms with Crippen LogP contribution in [-0.2, 0) is 0 Å². The second-order valence-electron chi connectivity index (χ2n) is 3.63. The summed E-state index contributed by atoms with van der Waals surface area (Å²) in [5.41, 5.74) is 0. The van der Waals surface area contributed by atoms with Crippen LogP contribution < -0.4 is 0 Å². The fourth-order valence-corrected chi connectivity index (χ4v) is 3.06. The molecule has 0 radical (unpaired) electrons. The molecule has 2 nitrogen and oxygen atoms in total. The average molecular weight is 239 g/mol. The summed E-state index contributed by atoms with van der Waals surface area (Å²) in [5.74, 6) is 0.